The number of fused-ring (bicyclic) bond motifs is 1. The molecule has 4 aromatic rings. The molecule has 1 aliphatic heterocycles. The van der Waals surface area contributed by atoms with Gasteiger partial charge in [-0.05, 0) is 37.3 Å². The van der Waals surface area contributed by atoms with Gasteiger partial charge in [-0.3, -0.25) is 14.5 Å². The first-order chi connectivity index (χ1) is 14.9. The number of Topliss-reactive ketones (excluding diaryl/α,β-unsaturated/α-hetero) is 1. The summed E-state index contributed by atoms with van der Waals surface area (Å²) in [4.78, 5) is 31.7. The minimum absolute atomic E-state index is 0.0870. The average molecular weight is 434 g/mol. The summed E-state index contributed by atoms with van der Waals surface area (Å²) in [6, 6.07) is 15.0. The highest BCUT2D eigenvalue weighted by molar-refractivity contribution is 7.22. The molecule has 1 fully saturated rings. The number of hydrogen-bond acceptors (Lipinski definition) is 6. The molecule has 0 aliphatic carbocycles. The van der Waals surface area contributed by atoms with Crippen molar-refractivity contribution in [1.82, 2.24) is 4.98 Å². The van der Waals surface area contributed by atoms with Crippen LogP contribution < -0.4 is 4.90 Å². The molecule has 1 aliphatic rings. The van der Waals surface area contributed by atoms with Crippen LogP contribution in [0.25, 0.3) is 16.0 Å². The lowest BCUT2D eigenvalue weighted by Gasteiger charge is -2.20. The van der Waals surface area contributed by atoms with E-state index < -0.39 is 23.5 Å². The fraction of sp³-hybridized carbons (Fsp3) is 0.0870. The Morgan fingerprint density at radius 3 is 2.61 bits per heavy atom. The lowest BCUT2D eigenvalue weighted by atomic mass is 9.99. The maximum atomic E-state index is 13.7. The van der Waals surface area contributed by atoms with Gasteiger partial charge in [0.15, 0.2) is 5.13 Å². The van der Waals surface area contributed by atoms with Crippen LogP contribution in [0.15, 0.2) is 70.7 Å². The zero-order chi connectivity index (χ0) is 21.7. The predicted molar refractivity (Wildman–Crippen MR) is 114 cm³/mol. The predicted octanol–water partition coefficient (Wildman–Crippen LogP) is 4.96. The summed E-state index contributed by atoms with van der Waals surface area (Å²) in [5.74, 6) is -1.49. The number of aromatic nitrogens is 1. The lowest BCUT2D eigenvalue weighted by molar-refractivity contribution is -0.132. The van der Waals surface area contributed by atoms with E-state index >= 15 is 0 Å². The number of hydrogen-bond donors (Lipinski definition) is 1. The van der Waals surface area contributed by atoms with Crippen LogP contribution in [0.3, 0.4) is 0 Å². The minimum atomic E-state index is -1.00. The topological polar surface area (TPSA) is 83.6 Å². The molecular formula is C23H15FN2O4S. The van der Waals surface area contributed by atoms with Crippen molar-refractivity contribution in [1.29, 1.82) is 0 Å². The molecule has 1 saturated heterocycles. The molecule has 0 bridgehead atoms. The summed E-state index contributed by atoms with van der Waals surface area (Å²) >= 11 is 1.09. The third-order valence-electron chi connectivity index (χ3n) is 5.07. The Kier molecular flexibility index (Phi) is 4.44. The Morgan fingerprint density at radius 2 is 1.90 bits per heavy atom. The molecule has 3 heterocycles. The van der Waals surface area contributed by atoms with Gasteiger partial charge in [-0.25, -0.2) is 9.37 Å². The van der Waals surface area contributed by atoms with Gasteiger partial charge in [-0.15, -0.1) is 0 Å². The molecule has 1 N–H and O–H groups in total. The van der Waals surface area contributed by atoms with E-state index in [4.69, 9.17) is 4.42 Å². The molecule has 8 heteroatoms. The minimum Gasteiger partial charge on any atom is -0.507 e. The summed E-state index contributed by atoms with van der Waals surface area (Å²) in [7, 11) is 0. The molecule has 2 aromatic carbocycles. The summed E-state index contributed by atoms with van der Waals surface area (Å²) in [6.45, 7) is 1.74. The zero-order valence-electron chi connectivity index (χ0n) is 16.2. The van der Waals surface area contributed by atoms with E-state index in [0.717, 1.165) is 11.3 Å². The Balaban J connectivity index is 1.73. The first-order valence-corrected chi connectivity index (χ1v) is 10.2. The maximum Gasteiger partial charge on any atom is 0.302 e. The maximum absolute atomic E-state index is 13.7. The van der Waals surface area contributed by atoms with Crippen molar-refractivity contribution in [3.8, 4) is 0 Å². The van der Waals surface area contributed by atoms with Gasteiger partial charge < -0.3 is 9.52 Å². The Morgan fingerprint density at radius 1 is 1.13 bits per heavy atom. The van der Waals surface area contributed by atoms with E-state index in [9.17, 15) is 19.1 Å². The highest BCUT2D eigenvalue weighted by Gasteiger charge is 2.49. The molecule has 0 radical (unpaired) electrons. The van der Waals surface area contributed by atoms with Gasteiger partial charge >= 0.3 is 5.91 Å². The number of thiazole rings is 1. The molecular weight excluding hydrogens is 419 g/mol. The quantitative estimate of drug-likeness (QED) is 0.280. The zero-order valence-corrected chi connectivity index (χ0v) is 17.0. The summed E-state index contributed by atoms with van der Waals surface area (Å²) < 4.78 is 19.9. The van der Waals surface area contributed by atoms with Gasteiger partial charge in [-0.2, -0.15) is 0 Å². The number of rotatable bonds is 3. The SMILES string of the molecule is Cc1ccc(C2C(=C(O)c3ccccc3)C(=O)C(=O)N2c2nc3ccc(F)cc3s2)o1. The first kappa shape index (κ1) is 19.2. The second-order valence-corrected chi connectivity index (χ2v) is 8.10. The number of benzene rings is 2. The summed E-state index contributed by atoms with van der Waals surface area (Å²) in [5.41, 5.74) is 0.817. The van der Waals surface area contributed by atoms with Crippen LogP contribution in [0.4, 0.5) is 9.52 Å². The summed E-state index contributed by atoms with van der Waals surface area (Å²) in [5, 5.41) is 11.2. The molecule has 154 valence electrons. The van der Waals surface area contributed by atoms with E-state index in [1.807, 2.05) is 0 Å². The van der Waals surface area contributed by atoms with Gasteiger partial charge in [0.25, 0.3) is 5.78 Å². The van der Waals surface area contributed by atoms with Crippen molar-refractivity contribution in [2.75, 3.05) is 4.90 Å². The fourth-order valence-electron chi connectivity index (χ4n) is 3.64. The second kappa shape index (κ2) is 7.17. The molecule has 1 atom stereocenters. The second-order valence-electron chi connectivity index (χ2n) is 7.09. The van der Waals surface area contributed by atoms with Crippen LogP contribution in [-0.4, -0.2) is 21.8 Å². The van der Waals surface area contributed by atoms with E-state index in [1.165, 1.54) is 23.1 Å². The smallest absolute Gasteiger partial charge is 0.302 e. The Bertz CT molecular complexity index is 1370. The number of amides is 1. The molecule has 31 heavy (non-hydrogen) atoms. The van der Waals surface area contributed by atoms with Gasteiger partial charge in [0, 0.05) is 5.56 Å². The van der Waals surface area contributed by atoms with E-state index in [-0.39, 0.29) is 16.5 Å². The van der Waals surface area contributed by atoms with E-state index in [1.54, 1.807) is 49.4 Å². The molecule has 1 unspecified atom stereocenters. The van der Waals surface area contributed by atoms with Gasteiger partial charge in [0.2, 0.25) is 0 Å². The van der Waals surface area contributed by atoms with E-state index in [0.29, 0.717) is 27.3 Å². The Hall–Kier alpha value is -3.78. The molecule has 0 saturated carbocycles. The van der Waals surface area contributed by atoms with Crippen LogP contribution in [0, 0.1) is 12.7 Å². The number of nitrogens with zero attached hydrogens (tertiary/aromatic N) is 2. The normalized spacial score (nSPS) is 18.3. The summed E-state index contributed by atoms with van der Waals surface area (Å²) in [6.07, 6.45) is 0. The highest BCUT2D eigenvalue weighted by Crippen LogP contribution is 2.44. The van der Waals surface area contributed by atoms with Crippen molar-refractivity contribution < 1.29 is 23.5 Å². The number of aryl methyl sites for hydroxylation is 1. The number of aliphatic hydroxyl groups is 1. The number of halogens is 1. The van der Waals surface area contributed by atoms with Crippen molar-refractivity contribution >= 4 is 44.1 Å². The van der Waals surface area contributed by atoms with Crippen LogP contribution in [0.1, 0.15) is 23.1 Å². The number of aliphatic hydroxyl groups excluding tert-OH is 1. The lowest BCUT2D eigenvalue weighted by Crippen LogP contribution is -2.29. The number of carbonyl (C=O) groups excluding carboxylic acids is 2. The van der Waals surface area contributed by atoms with Gasteiger partial charge in [0.1, 0.15) is 29.1 Å². The number of anilines is 1. The van der Waals surface area contributed by atoms with Crippen molar-refractivity contribution in [3.05, 3.63) is 89.1 Å². The van der Waals surface area contributed by atoms with Crippen molar-refractivity contribution in [3.63, 3.8) is 0 Å². The molecule has 6 nitrogen and oxygen atoms in total. The Labute approximate surface area is 179 Å². The third kappa shape index (κ3) is 3.12. The third-order valence-corrected chi connectivity index (χ3v) is 6.09. The molecule has 2 aromatic heterocycles. The fourth-order valence-corrected chi connectivity index (χ4v) is 4.66. The van der Waals surface area contributed by atoms with Crippen molar-refractivity contribution in [2.45, 2.75) is 13.0 Å². The van der Waals surface area contributed by atoms with Gasteiger partial charge in [0.05, 0.1) is 15.8 Å². The number of ketones is 1. The standard InChI is InChI=1S/C23H15FN2O4S/c1-12-7-10-16(30-12)19-18(20(27)13-5-3-2-4-6-13)21(28)22(29)26(19)23-25-15-9-8-14(24)11-17(15)31-23/h2-11,19,27H,1H3. The molecule has 5 rings (SSSR count). The van der Waals surface area contributed by atoms with Crippen molar-refractivity contribution in [2.24, 2.45) is 0 Å². The van der Waals surface area contributed by atoms with Crippen LogP contribution in [-0.2, 0) is 9.59 Å². The average Bonchev–Trinajstić information content (AvgIpc) is 3.44. The largest absolute Gasteiger partial charge is 0.507 e. The van der Waals surface area contributed by atoms with Gasteiger partial charge in [-0.1, -0.05) is 41.7 Å². The molecule has 0 spiro atoms. The van der Waals surface area contributed by atoms with Crippen LogP contribution in [0.5, 0.6) is 0 Å². The number of carbonyl (C=O) groups is 2. The van der Waals surface area contributed by atoms with Crippen LogP contribution in [0.2, 0.25) is 0 Å². The van der Waals surface area contributed by atoms with Crippen LogP contribution >= 0.6 is 11.3 Å². The first-order valence-electron chi connectivity index (χ1n) is 9.43. The monoisotopic (exact) mass is 434 g/mol. The van der Waals surface area contributed by atoms with E-state index in [2.05, 4.69) is 4.98 Å². The highest BCUT2D eigenvalue weighted by atomic mass is 32.1. The molecule has 1 amide bonds. The number of furan rings is 1.